The third-order valence-corrected chi connectivity index (χ3v) is 5.41. The maximum atomic E-state index is 12.5. The molecule has 0 spiro atoms. The normalized spacial score (nSPS) is 14.8. The summed E-state index contributed by atoms with van der Waals surface area (Å²) in [6.45, 7) is 1.84. The summed E-state index contributed by atoms with van der Waals surface area (Å²) in [5.41, 5.74) is 1.37. The van der Waals surface area contributed by atoms with E-state index in [2.05, 4.69) is 10.3 Å². The highest BCUT2D eigenvalue weighted by atomic mass is 32.1. The van der Waals surface area contributed by atoms with Crippen LogP contribution in [0.25, 0.3) is 0 Å². The van der Waals surface area contributed by atoms with Crippen molar-refractivity contribution in [2.45, 2.75) is 38.5 Å². The van der Waals surface area contributed by atoms with Crippen LogP contribution in [0.1, 0.15) is 62.3 Å². The van der Waals surface area contributed by atoms with E-state index in [0.29, 0.717) is 16.5 Å². The third-order valence-electron chi connectivity index (χ3n) is 4.09. The molecule has 1 saturated carbocycles. The zero-order valence-corrected chi connectivity index (χ0v) is 13.7. The van der Waals surface area contributed by atoms with Crippen molar-refractivity contribution in [3.05, 3.63) is 45.4 Å². The molecule has 0 unspecified atom stereocenters. The second-order valence-electron chi connectivity index (χ2n) is 5.79. The highest BCUT2D eigenvalue weighted by Gasteiger charge is 2.23. The maximum absolute atomic E-state index is 12.5. The standard InChI is InChI=1S/C17H18N2O3S/c1-10-14(23-16(18-10)11-5-2-3-6-11)15(20)19-13-8-4-7-12(9-13)17(21)22/h4,7-9,11H,2-3,5-6H2,1H3,(H,19,20)(H,21,22). The van der Waals surface area contributed by atoms with Crippen LogP contribution in [0.15, 0.2) is 24.3 Å². The summed E-state index contributed by atoms with van der Waals surface area (Å²) >= 11 is 1.46. The number of nitrogens with one attached hydrogen (secondary N) is 1. The predicted octanol–water partition coefficient (Wildman–Crippen LogP) is 4.06. The van der Waals surface area contributed by atoms with E-state index < -0.39 is 5.97 Å². The fourth-order valence-electron chi connectivity index (χ4n) is 2.89. The Kier molecular flexibility index (Phi) is 4.43. The summed E-state index contributed by atoms with van der Waals surface area (Å²) in [5.74, 6) is -0.763. The number of amides is 1. The van der Waals surface area contributed by atoms with E-state index in [9.17, 15) is 9.59 Å². The number of aromatic nitrogens is 1. The molecule has 1 aliphatic rings. The highest BCUT2D eigenvalue weighted by Crippen LogP contribution is 2.37. The minimum atomic E-state index is -1.02. The average molecular weight is 330 g/mol. The fourth-order valence-corrected chi connectivity index (χ4v) is 4.02. The summed E-state index contributed by atoms with van der Waals surface area (Å²) in [6, 6.07) is 6.24. The quantitative estimate of drug-likeness (QED) is 0.886. The first kappa shape index (κ1) is 15.7. The molecule has 1 aromatic carbocycles. The molecular formula is C17H18N2O3S. The number of rotatable bonds is 4. The summed E-state index contributed by atoms with van der Waals surface area (Å²) in [5, 5.41) is 12.8. The second-order valence-corrected chi connectivity index (χ2v) is 6.82. The number of hydrogen-bond donors (Lipinski definition) is 2. The van der Waals surface area contributed by atoms with Gasteiger partial charge in [0.25, 0.3) is 5.91 Å². The van der Waals surface area contributed by atoms with Gasteiger partial charge < -0.3 is 10.4 Å². The Balaban J connectivity index is 1.78. The molecule has 2 aromatic rings. The molecule has 1 aliphatic carbocycles. The van der Waals surface area contributed by atoms with E-state index in [4.69, 9.17) is 5.11 Å². The van der Waals surface area contributed by atoms with Crippen LogP contribution < -0.4 is 5.32 Å². The average Bonchev–Trinajstić information content (AvgIpc) is 3.16. The van der Waals surface area contributed by atoms with Gasteiger partial charge in [-0.1, -0.05) is 18.9 Å². The molecule has 1 fully saturated rings. The summed E-state index contributed by atoms with van der Waals surface area (Å²) in [6.07, 6.45) is 4.75. The SMILES string of the molecule is Cc1nc(C2CCCC2)sc1C(=O)Nc1cccc(C(=O)O)c1. The van der Waals surface area contributed by atoms with Gasteiger partial charge >= 0.3 is 5.97 Å². The smallest absolute Gasteiger partial charge is 0.335 e. The first-order chi connectivity index (χ1) is 11.0. The lowest BCUT2D eigenvalue weighted by atomic mass is 10.1. The zero-order chi connectivity index (χ0) is 16.4. The van der Waals surface area contributed by atoms with Crippen molar-refractivity contribution in [1.82, 2.24) is 4.98 Å². The molecule has 6 heteroatoms. The van der Waals surface area contributed by atoms with Gasteiger partial charge in [0.05, 0.1) is 16.3 Å². The van der Waals surface area contributed by atoms with Crippen LogP contribution in [0.3, 0.4) is 0 Å². The minimum Gasteiger partial charge on any atom is -0.478 e. The van der Waals surface area contributed by atoms with E-state index in [1.165, 1.54) is 36.3 Å². The summed E-state index contributed by atoms with van der Waals surface area (Å²) in [4.78, 5) is 28.6. The molecule has 0 saturated heterocycles. The van der Waals surface area contributed by atoms with E-state index in [1.54, 1.807) is 12.1 Å². The zero-order valence-electron chi connectivity index (χ0n) is 12.8. The molecule has 0 radical (unpaired) electrons. The van der Waals surface area contributed by atoms with Gasteiger partial charge in [0, 0.05) is 11.6 Å². The Morgan fingerprint density at radius 1 is 1.30 bits per heavy atom. The molecule has 3 rings (SSSR count). The van der Waals surface area contributed by atoms with Gasteiger partial charge in [-0.2, -0.15) is 0 Å². The van der Waals surface area contributed by atoms with Gasteiger partial charge in [-0.3, -0.25) is 4.79 Å². The number of carboxylic acids is 1. The van der Waals surface area contributed by atoms with Crippen molar-refractivity contribution in [2.24, 2.45) is 0 Å². The molecule has 2 N–H and O–H groups in total. The first-order valence-corrected chi connectivity index (χ1v) is 8.48. The minimum absolute atomic E-state index is 0.149. The van der Waals surface area contributed by atoms with Gasteiger partial charge in [0.2, 0.25) is 0 Å². The Bertz CT molecular complexity index is 748. The molecule has 1 aromatic heterocycles. The topological polar surface area (TPSA) is 79.3 Å². The molecule has 0 bridgehead atoms. The molecule has 1 amide bonds. The van der Waals surface area contributed by atoms with Gasteiger partial charge in [0.1, 0.15) is 4.88 Å². The molecule has 0 aliphatic heterocycles. The van der Waals surface area contributed by atoms with Gasteiger partial charge in [-0.05, 0) is 38.0 Å². The number of carbonyl (C=O) groups excluding carboxylic acids is 1. The predicted molar refractivity (Wildman–Crippen MR) is 89.4 cm³/mol. The molecule has 120 valence electrons. The van der Waals surface area contributed by atoms with E-state index in [1.807, 2.05) is 6.92 Å². The molecular weight excluding hydrogens is 312 g/mol. The Morgan fingerprint density at radius 2 is 2.04 bits per heavy atom. The highest BCUT2D eigenvalue weighted by molar-refractivity contribution is 7.14. The number of anilines is 1. The second kappa shape index (κ2) is 6.50. The fraction of sp³-hybridized carbons (Fsp3) is 0.353. The van der Waals surface area contributed by atoms with E-state index >= 15 is 0 Å². The number of nitrogens with zero attached hydrogens (tertiary/aromatic N) is 1. The lowest BCUT2D eigenvalue weighted by molar-refractivity contribution is 0.0696. The number of carbonyl (C=O) groups is 2. The van der Waals surface area contributed by atoms with Crippen molar-refractivity contribution in [2.75, 3.05) is 5.32 Å². The van der Waals surface area contributed by atoms with Crippen LogP contribution in [0.2, 0.25) is 0 Å². The Labute approximate surface area is 138 Å². The lowest BCUT2D eigenvalue weighted by Crippen LogP contribution is -2.12. The van der Waals surface area contributed by atoms with Crippen molar-refractivity contribution < 1.29 is 14.7 Å². The summed E-state index contributed by atoms with van der Waals surface area (Å²) < 4.78 is 0. The van der Waals surface area contributed by atoms with Crippen LogP contribution in [-0.4, -0.2) is 22.0 Å². The maximum Gasteiger partial charge on any atom is 0.335 e. The first-order valence-electron chi connectivity index (χ1n) is 7.66. The molecule has 23 heavy (non-hydrogen) atoms. The van der Waals surface area contributed by atoms with E-state index in [0.717, 1.165) is 23.5 Å². The van der Waals surface area contributed by atoms with Crippen LogP contribution in [0.4, 0.5) is 5.69 Å². The third kappa shape index (κ3) is 3.42. The van der Waals surface area contributed by atoms with Crippen molar-refractivity contribution in [3.63, 3.8) is 0 Å². The van der Waals surface area contributed by atoms with Gasteiger partial charge in [-0.15, -0.1) is 11.3 Å². The number of carboxylic acid groups (broad SMARTS) is 1. The number of hydrogen-bond acceptors (Lipinski definition) is 4. The van der Waals surface area contributed by atoms with Crippen molar-refractivity contribution in [1.29, 1.82) is 0 Å². The van der Waals surface area contributed by atoms with Crippen molar-refractivity contribution in [3.8, 4) is 0 Å². The van der Waals surface area contributed by atoms with Crippen LogP contribution in [0.5, 0.6) is 0 Å². The number of benzene rings is 1. The monoisotopic (exact) mass is 330 g/mol. The number of aryl methyl sites for hydroxylation is 1. The summed E-state index contributed by atoms with van der Waals surface area (Å²) in [7, 11) is 0. The van der Waals surface area contributed by atoms with E-state index in [-0.39, 0.29) is 11.5 Å². The van der Waals surface area contributed by atoms with Crippen LogP contribution >= 0.6 is 11.3 Å². The van der Waals surface area contributed by atoms with Crippen LogP contribution in [-0.2, 0) is 0 Å². The molecule has 0 atom stereocenters. The van der Waals surface area contributed by atoms with Crippen LogP contribution in [0, 0.1) is 6.92 Å². The van der Waals surface area contributed by atoms with Gasteiger partial charge in [-0.25, -0.2) is 9.78 Å². The number of aromatic carboxylic acids is 1. The van der Waals surface area contributed by atoms with Crippen molar-refractivity contribution >= 4 is 28.9 Å². The Morgan fingerprint density at radius 3 is 2.74 bits per heavy atom. The van der Waals surface area contributed by atoms with Gasteiger partial charge in [0.15, 0.2) is 0 Å². The Hall–Kier alpha value is -2.21. The molecule has 1 heterocycles. The number of thiazole rings is 1. The molecule has 5 nitrogen and oxygen atoms in total. The lowest BCUT2D eigenvalue weighted by Gasteiger charge is -2.05. The largest absolute Gasteiger partial charge is 0.478 e.